The number of aromatic nitrogens is 3. The van der Waals surface area contributed by atoms with Crippen molar-refractivity contribution in [1.82, 2.24) is 34.8 Å². The molecule has 3 amide bonds. The van der Waals surface area contributed by atoms with E-state index in [4.69, 9.17) is 0 Å². The fourth-order valence-corrected chi connectivity index (χ4v) is 8.27. The van der Waals surface area contributed by atoms with E-state index in [9.17, 15) is 19.5 Å². The summed E-state index contributed by atoms with van der Waals surface area (Å²) in [6.07, 6.45) is 7.11. The molecule has 3 aromatic rings. The van der Waals surface area contributed by atoms with E-state index in [1.54, 1.807) is 17.0 Å². The molecule has 3 aliphatic heterocycles. The standard InChI is InChI=1S/C33H41Br2N7O4/c34-26-19-22(20-27(35)29(26)43)21-28(31(44)40-15-9-24(10-16-40)39-13-5-2-6-14-39)36-32(45)41-17-11-25(12-18-41)42-33(46)37-30(38-42)23-7-3-1-4-8-23/h1,3-4,7-8,19-20,24-25,28,43H,2,5-6,9-18,21H2,(H,36,45)(H,37,38,46)/t28-/m1/s1. The molecule has 46 heavy (non-hydrogen) atoms. The number of nitrogens with zero attached hydrogens (tertiary/aromatic N) is 5. The summed E-state index contributed by atoms with van der Waals surface area (Å²) in [5.74, 6) is 0.530. The van der Waals surface area contributed by atoms with Gasteiger partial charge in [0.15, 0.2) is 5.82 Å². The molecule has 2 aromatic carbocycles. The number of urea groups is 1. The number of phenols is 1. The van der Waals surface area contributed by atoms with Gasteiger partial charge in [-0.1, -0.05) is 36.8 Å². The van der Waals surface area contributed by atoms with Crippen LogP contribution in [0.2, 0.25) is 0 Å². The normalized spacial score (nSPS) is 19.3. The highest BCUT2D eigenvalue weighted by molar-refractivity contribution is 9.11. The molecule has 0 spiro atoms. The maximum absolute atomic E-state index is 14.0. The van der Waals surface area contributed by atoms with Crippen molar-refractivity contribution in [3.05, 3.63) is 67.5 Å². The summed E-state index contributed by atoms with van der Waals surface area (Å²) < 4.78 is 2.53. The number of hydrogen-bond donors (Lipinski definition) is 3. The van der Waals surface area contributed by atoms with Crippen LogP contribution >= 0.6 is 31.9 Å². The predicted molar refractivity (Wildman–Crippen MR) is 183 cm³/mol. The molecule has 3 saturated heterocycles. The van der Waals surface area contributed by atoms with Crippen LogP contribution in [0.3, 0.4) is 0 Å². The van der Waals surface area contributed by atoms with Crippen LogP contribution in [0.15, 0.2) is 56.2 Å². The quantitative estimate of drug-likeness (QED) is 0.315. The number of carbonyl (C=O) groups is 2. The Hall–Kier alpha value is -3.16. The smallest absolute Gasteiger partial charge is 0.343 e. The molecule has 3 N–H and O–H groups in total. The predicted octanol–water partition coefficient (Wildman–Crippen LogP) is 4.90. The molecular weight excluding hydrogens is 718 g/mol. The van der Waals surface area contributed by atoms with Gasteiger partial charge in [-0.2, -0.15) is 0 Å². The van der Waals surface area contributed by atoms with Crippen LogP contribution < -0.4 is 11.0 Å². The molecule has 13 heteroatoms. The number of aromatic hydroxyl groups is 1. The number of nitrogens with one attached hydrogen (secondary N) is 2. The van der Waals surface area contributed by atoms with Gasteiger partial charge < -0.3 is 25.1 Å². The Balaban J connectivity index is 1.11. The van der Waals surface area contributed by atoms with Crippen LogP contribution in [0, 0.1) is 0 Å². The van der Waals surface area contributed by atoms with E-state index >= 15 is 0 Å². The first kappa shape index (κ1) is 32.8. The van der Waals surface area contributed by atoms with Crippen LogP contribution in [0.4, 0.5) is 4.79 Å². The lowest BCUT2D eigenvalue weighted by atomic mass is 9.98. The first-order valence-corrected chi connectivity index (χ1v) is 17.8. The van der Waals surface area contributed by atoms with Crippen LogP contribution in [0.1, 0.15) is 56.6 Å². The van der Waals surface area contributed by atoms with Gasteiger partial charge in [0.25, 0.3) is 0 Å². The number of benzene rings is 2. The number of halogens is 2. The molecule has 11 nitrogen and oxygen atoms in total. The van der Waals surface area contributed by atoms with Crippen molar-refractivity contribution in [3.63, 3.8) is 0 Å². The van der Waals surface area contributed by atoms with E-state index in [1.807, 2.05) is 35.2 Å². The summed E-state index contributed by atoms with van der Waals surface area (Å²) in [6.45, 7) is 4.50. The van der Waals surface area contributed by atoms with E-state index in [1.165, 1.54) is 23.9 Å². The van der Waals surface area contributed by atoms with E-state index in [0.29, 0.717) is 59.8 Å². The average molecular weight is 760 g/mol. The fraction of sp³-hybridized carbons (Fsp3) is 0.515. The van der Waals surface area contributed by atoms with Gasteiger partial charge >= 0.3 is 11.7 Å². The second-order valence-electron chi connectivity index (χ2n) is 12.6. The Morgan fingerprint density at radius 3 is 2.15 bits per heavy atom. The highest BCUT2D eigenvalue weighted by Gasteiger charge is 2.34. The number of phenolic OH excluding ortho intramolecular Hbond substituents is 1. The number of hydrogen-bond acceptors (Lipinski definition) is 6. The molecule has 0 unspecified atom stereocenters. The Morgan fingerprint density at radius 2 is 1.50 bits per heavy atom. The van der Waals surface area contributed by atoms with Gasteiger partial charge in [0.05, 0.1) is 15.0 Å². The summed E-state index contributed by atoms with van der Waals surface area (Å²) in [6, 6.07) is 12.4. The minimum atomic E-state index is -0.762. The third kappa shape index (κ3) is 7.52. The van der Waals surface area contributed by atoms with Crippen LogP contribution in [-0.4, -0.2) is 97.9 Å². The van der Waals surface area contributed by atoms with Gasteiger partial charge in [-0.3, -0.25) is 9.78 Å². The number of aromatic amines is 1. The number of rotatable bonds is 7. The van der Waals surface area contributed by atoms with Crippen molar-refractivity contribution in [2.45, 2.75) is 69.5 Å². The molecule has 0 saturated carbocycles. The summed E-state index contributed by atoms with van der Waals surface area (Å²) in [7, 11) is 0. The third-order valence-corrected chi connectivity index (χ3v) is 10.8. The average Bonchev–Trinajstić information content (AvgIpc) is 3.48. The highest BCUT2D eigenvalue weighted by Crippen LogP contribution is 2.34. The molecule has 1 aromatic heterocycles. The molecule has 0 radical (unpaired) electrons. The minimum Gasteiger partial charge on any atom is -0.506 e. The Kier molecular flexibility index (Phi) is 10.5. The van der Waals surface area contributed by atoms with Gasteiger partial charge in [-0.25, -0.2) is 14.3 Å². The third-order valence-electron chi connectivity index (χ3n) is 9.58. The summed E-state index contributed by atoms with van der Waals surface area (Å²) in [5.41, 5.74) is 1.39. The van der Waals surface area contributed by atoms with Crippen molar-refractivity contribution in [1.29, 1.82) is 0 Å². The second kappa shape index (κ2) is 14.7. The molecule has 4 heterocycles. The largest absolute Gasteiger partial charge is 0.506 e. The molecule has 6 rings (SSSR count). The van der Waals surface area contributed by atoms with E-state index in [0.717, 1.165) is 37.1 Å². The fourth-order valence-electron chi connectivity index (χ4n) is 6.99. The zero-order valence-electron chi connectivity index (χ0n) is 25.8. The van der Waals surface area contributed by atoms with Crippen LogP contribution in [-0.2, 0) is 11.2 Å². The topological polar surface area (TPSA) is 127 Å². The van der Waals surface area contributed by atoms with Gasteiger partial charge in [0.2, 0.25) is 5.91 Å². The number of H-pyrrole nitrogens is 1. The molecule has 3 fully saturated rings. The Bertz CT molecular complexity index is 1550. The first-order chi connectivity index (χ1) is 22.3. The molecule has 246 valence electrons. The number of piperidine rings is 3. The lowest BCUT2D eigenvalue weighted by Crippen LogP contribution is -2.56. The summed E-state index contributed by atoms with van der Waals surface area (Å²) in [5, 5.41) is 17.8. The zero-order chi connectivity index (χ0) is 32.2. The maximum Gasteiger partial charge on any atom is 0.343 e. The first-order valence-electron chi connectivity index (χ1n) is 16.3. The van der Waals surface area contributed by atoms with Gasteiger partial charge in [0.1, 0.15) is 11.8 Å². The molecular formula is C33H41Br2N7O4. The zero-order valence-corrected chi connectivity index (χ0v) is 29.0. The van der Waals surface area contributed by atoms with Gasteiger partial charge in [-0.15, -0.1) is 5.10 Å². The van der Waals surface area contributed by atoms with Gasteiger partial charge in [0, 0.05) is 44.2 Å². The summed E-state index contributed by atoms with van der Waals surface area (Å²) >= 11 is 6.79. The van der Waals surface area contributed by atoms with E-state index in [-0.39, 0.29) is 35.8 Å². The van der Waals surface area contributed by atoms with Gasteiger partial charge in [-0.05, 0) is 101 Å². The second-order valence-corrected chi connectivity index (χ2v) is 14.3. The SMILES string of the molecule is O=C(N[C@H](Cc1cc(Br)c(O)c(Br)c1)C(=O)N1CCC(N2CCCCC2)CC1)N1CCC(n2nc(-c3ccccc3)[nH]c2=O)CC1. The highest BCUT2D eigenvalue weighted by atomic mass is 79.9. The molecule has 0 bridgehead atoms. The number of likely N-dealkylation sites (tertiary alicyclic amines) is 3. The van der Waals surface area contributed by atoms with Crippen molar-refractivity contribution in [2.24, 2.45) is 0 Å². The number of amides is 3. The van der Waals surface area contributed by atoms with Crippen molar-refractivity contribution in [3.8, 4) is 17.1 Å². The van der Waals surface area contributed by atoms with Crippen LogP contribution in [0.25, 0.3) is 11.4 Å². The molecule has 1 atom stereocenters. The summed E-state index contributed by atoms with van der Waals surface area (Å²) in [4.78, 5) is 49.4. The minimum absolute atomic E-state index is 0.0860. The van der Waals surface area contributed by atoms with Crippen molar-refractivity contribution < 1.29 is 14.7 Å². The maximum atomic E-state index is 14.0. The lowest BCUT2D eigenvalue weighted by molar-refractivity contribution is -0.134. The molecule has 3 aliphatic rings. The monoisotopic (exact) mass is 757 g/mol. The van der Waals surface area contributed by atoms with Crippen molar-refractivity contribution in [2.75, 3.05) is 39.3 Å². The van der Waals surface area contributed by atoms with E-state index in [2.05, 4.69) is 52.2 Å². The molecule has 0 aliphatic carbocycles. The van der Waals surface area contributed by atoms with E-state index < -0.39 is 6.04 Å². The van der Waals surface area contributed by atoms with Crippen LogP contribution in [0.5, 0.6) is 5.75 Å². The lowest BCUT2D eigenvalue weighted by Gasteiger charge is -2.41. The van der Waals surface area contributed by atoms with Crippen molar-refractivity contribution >= 4 is 43.8 Å². The Labute approximate surface area is 285 Å². The Morgan fingerprint density at radius 1 is 0.891 bits per heavy atom. The number of carbonyl (C=O) groups excluding carboxylic acids is 2.